The van der Waals surface area contributed by atoms with Crippen LogP contribution in [0.2, 0.25) is 0 Å². The van der Waals surface area contributed by atoms with E-state index >= 15 is 0 Å². The highest BCUT2D eigenvalue weighted by Gasteiger charge is 2.21. The SMILES string of the molecule is CC(C)NCCCCN1c2ccccc2CCC1C. The van der Waals surface area contributed by atoms with Gasteiger partial charge in [0, 0.05) is 24.3 Å². The summed E-state index contributed by atoms with van der Waals surface area (Å²) >= 11 is 0. The van der Waals surface area contributed by atoms with Crippen LogP contribution < -0.4 is 10.2 Å². The number of rotatable bonds is 6. The van der Waals surface area contributed by atoms with Crippen LogP contribution in [0.3, 0.4) is 0 Å². The predicted molar refractivity (Wildman–Crippen MR) is 83.9 cm³/mol. The molecule has 1 unspecified atom stereocenters. The molecule has 2 nitrogen and oxygen atoms in total. The molecule has 0 spiro atoms. The summed E-state index contributed by atoms with van der Waals surface area (Å²) in [6.45, 7) is 9.12. The lowest BCUT2D eigenvalue weighted by Crippen LogP contribution is -2.38. The first-order valence-electron chi connectivity index (χ1n) is 7.76. The first-order chi connectivity index (χ1) is 9.18. The summed E-state index contributed by atoms with van der Waals surface area (Å²) < 4.78 is 0. The molecule has 1 aliphatic heterocycles. The highest BCUT2D eigenvalue weighted by molar-refractivity contribution is 5.56. The molecule has 0 aromatic heterocycles. The standard InChI is InChI=1S/C17H28N2/c1-14(2)18-12-6-7-13-19-15(3)10-11-16-8-4-5-9-17(16)19/h4-5,8-9,14-15,18H,6-7,10-13H2,1-3H3. The summed E-state index contributed by atoms with van der Waals surface area (Å²) in [5.74, 6) is 0. The summed E-state index contributed by atoms with van der Waals surface area (Å²) in [6, 6.07) is 10.2. The van der Waals surface area contributed by atoms with Gasteiger partial charge in [-0.2, -0.15) is 0 Å². The lowest BCUT2D eigenvalue weighted by atomic mass is 9.96. The number of nitrogens with one attached hydrogen (secondary N) is 1. The van der Waals surface area contributed by atoms with Gasteiger partial charge in [-0.1, -0.05) is 32.0 Å². The maximum absolute atomic E-state index is 3.50. The normalized spacial score (nSPS) is 18.7. The number of hydrogen-bond acceptors (Lipinski definition) is 2. The largest absolute Gasteiger partial charge is 0.369 e. The van der Waals surface area contributed by atoms with Crippen LogP contribution in [0, 0.1) is 0 Å². The summed E-state index contributed by atoms with van der Waals surface area (Å²) in [5.41, 5.74) is 3.00. The summed E-state index contributed by atoms with van der Waals surface area (Å²) in [6.07, 6.45) is 5.08. The second-order valence-electron chi connectivity index (χ2n) is 6.03. The Bertz CT molecular complexity index is 387. The van der Waals surface area contributed by atoms with Gasteiger partial charge in [0.05, 0.1) is 0 Å². The lowest BCUT2D eigenvalue weighted by molar-refractivity contribution is 0.521. The topological polar surface area (TPSA) is 15.3 Å². The van der Waals surface area contributed by atoms with Crippen molar-refractivity contribution in [3.05, 3.63) is 29.8 Å². The van der Waals surface area contributed by atoms with E-state index in [0.717, 1.165) is 6.54 Å². The van der Waals surface area contributed by atoms with E-state index in [4.69, 9.17) is 0 Å². The molecule has 2 heteroatoms. The molecule has 1 heterocycles. The number of nitrogens with zero attached hydrogens (tertiary/aromatic N) is 1. The average Bonchev–Trinajstić information content (AvgIpc) is 2.40. The molecule has 1 aliphatic rings. The zero-order valence-electron chi connectivity index (χ0n) is 12.7. The third-order valence-corrected chi connectivity index (χ3v) is 4.04. The van der Waals surface area contributed by atoms with Gasteiger partial charge in [0.15, 0.2) is 0 Å². The molecule has 1 aromatic rings. The van der Waals surface area contributed by atoms with Crippen LogP contribution >= 0.6 is 0 Å². The Morgan fingerprint density at radius 2 is 2.05 bits per heavy atom. The molecule has 0 aliphatic carbocycles. The van der Waals surface area contributed by atoms with Crippen molar-refractivity contribution in [2.45, 2.75) is 58.5 Å². The average molecular weight is 260 g/mol. The zero-order chi connectivity index (χ0) is 13.7. The fraction of sp³-hybridized carbons (Fsp3) is 0.647. The van der Waals surface area contributed by atoms with E-state index < -0.39 is 0 Å². The van der Waals surface area contributed by atoms with E-state index in [1.54, 1.807) is 0 Å². The molecule has 0 radical (unpaired) electrons. The fourth-order valence-corrected chi connectivity index (χ4v) is 2.90. The number of benzene rings is 1. The highest BCUT2D eigenvalue weighted by Crippen LogP contribution is 2.30. The van der Waals surface area contributed by atoms with Crippen LogP contribution in [0.15, 0.2) is 24.3 Å². The molecule has 106 valence electrons. The van der Waals surface area contributed by atoms with Crippen LogP contribution in [-0.2, 0) is 6.42 Å². The van der Waals surface area contributed by atoms with E-state index in [-0.39, 0.29) is 0 Å². The first-order valence-corrected chi connectivity index (χ1v) is 7.76. The third-order valence-electron chi connectivity index (χ3n) is 4.04. The van der Waals surface area contributed by atoms with E-state index in [1.807, 2.05) is 0 Å². The smallest absolute Gasteiger partial charge is 0.0401 e. The molecule has 0 saturated carbocycles. The van der Waals surface area contributed by atoms with Crippen LogP contribution in [-0.4, -0.2) is 25.2 Å². The van der Waals surface area contributed by atoms with Crippen LogP contribution in [0.4, 0.5) is 5.69 Å². The van der Waals surface area contributed by atoms with E-state index in [1.165, 1.54) is 43.5 Å². The van der Waals surface area contributed by atoms with Crippen molar-refractivity contribution in [2.75, 3.05) is 18.0 Å². The Morgan fingerprint density at radius 1 is 1.26 bits per heavy atom. The van der Waals surface area contributed by atoms with Crippen LogP contribution in [0.1, 0.15) is 45.6 Å². The van der Waals surface area contributed by atoms with E-state index in [9.17, 15) is 0 Å². The van der Waals surface area contributed by atoms with E-state index in [2.05, 4.69) is 55.3 Å². The quantitative estimate of drug-likeness (QED) is 0.786. The number of para-hydroxylation sites is 1. The lowest BCUT2D eigenvalue weighted by Gasteiger charge is -2.37. The van der Waals surface area contributed by atoms with Gasteiger partial charge >= 0.3 is 0 Å². The minimum atomic E-state index is 0.606. The molecule has 0 amide bonds. The number of aryl methyl sites for hydroxylation is 1. The molecule has 1 atom stereocenters. The molecule has 1 N–H and O–H groups in total. The van der Waals surface area contributed by atoms with Crippen molar-refractivity contribution in [2.24, 2.45) is 0 Å². The van der Waals surface area contributed by atoms with Crippen molar-refractivity contribution < 1.29 is 0 Å². The molecule has 0 bridgehead atoms. The van der Waals surface area contributed by atoms with Gasteiger partial charge in [0.25, 0.3) is 0 Å². The fourth-order valence-electron chi connectivity index (χ4n) is 2.90. The van der Waals surface area contributed by atoms with Crippen molar-refractivity contribution >= 4 is 5.69 Å². The molecule has 19 heavy (non-hydrogen) atoms. The molecular formula is C17H28N2. The van der Waals surface area contributed by atoms with Gasteiger partial charge in [-0.15, -0.1) is 0 Å². The number of unbranched alkanes of at least 4 members (excludes halogenated alkanes) is 1. The predicted octanol–water partition coefficient (Wildman–Crippen LogP) is 3.61. The monoisotopic (exact) mass is 260 g/mol. The molecule has 1 aromatic carbocycles. The maximum Gasteiger partial charge on any atom is 0.0401 e. The zero-order valence-corrected chi connectivity index (χ0v) is 12.7. The minimum Gasteiger partial charge on any atom is -0.369 e. The summed E-state index contributed by atoms with van der Waals surface area (Å²) in [4.78, 5) is 2.61. The van der Waals surface area contributed by atoms with Crippen LogP contribution in [0.25, 0.3) is 0 Å². The van der Waals surface area contributed by atoms with Gasteiger partial charge in [-0.25, -0.2) is 0 Å². The first kappa shape index (κ1) is 14.4. The molecule has 0 fully saturated rings. The van der Waals surface area contributed by atoms with Crippen molar-refractivity contribution in [1.82, 2.24) is 5.32 Å². The van der Waals surface area contributed by atoms with Gasteiger partial charge in [0.1, 0.15) is 0 Å². The molecule has 0 saturated heterocycles. The van der Waals surface area contributed by atoms with Gasteiger partial charge in [-0.05, 0) is 50.8 Å². The summed E-state index contributed by atoms with van der Waals surface area (Å²) in [7, 11) is 0. The number of fused-ring (bicyclic) bond motifs is 1. The highest BCUT2D eigenvalue weighted by atomic mass is 15.2. The number of anilines is 1. The Labute approximate surface area is 118 Å². The van der Waals surface area contributed by atoms with Gasteiger partial charge < -0.3 is 10.2 Å². The second kappa shape index (κ2) is 6.95. The summed E-state index contributed by atoms with van der Waals surface area (Å²) in [5, 5.41) is 3.50. The van der Waals surface area contributed by atoms with Crippen LogP contribution in [0.5, 0.6) is 0 Å². The Hall–Kier alpha value is -1.02. The minimum absolute atomic E-state index is 0.606. The van der Waals surface area contributed by atoms with Gasteiger partial charge in [-0.3, -0.25) is 0 Å². The van der Waals surface area contributed by atoms with Crippen molar-refractivity contribution in [1.29, 1.82) is 0 Å². The van der Waals surface area contributed by atoms with E-state index in [0.29, 0.717) is 12.1 Å². The Morgan fingerprint density at radius 3 is 2.84 bits per heavy atom. The molecule has 2 rings (SSSR count). The maximum atomic E-state index is 3.50. The molecular weight excluding hydrogens is 232 g/mol. The Balaban J connectivity index is 1.85. The third kappa shape index (κ3) is 3.97. The second-order valence-corrected chi connectivity index (χ2v) is 6.03. The van der Waals surface area contributed by atoms with Crippen molar-refractivity contribution in [3.63, 3.8) is 0 Å². The van der Waals surface area contributed by atoms with Crippen molar-refractivity contribution in [3.8, 4) is 0 Å². The van der Waals surface area contributed by atoms with Gasteiger partial charge in [0.2, 0.25) is 0 Å². The Kier molecular flexibility index (Phi) is 5.26. The number of hydrogen-bond donors (Lipinski definition) is 1.